The van der Waals surface area contributed by atoms with E-state index >= 15 is 0 Å². The van der Waals surface area contributed by atoms with Gasteiger partial charge >= 0.3 is 0 Å². The summed E-state index contributed by atoms with van der Waals surface area (Å²) in [6.07, 6.45) is 4.90. The number of hydrogen-bond acceptors (Lipinski definition) is 1. The van der Waals surface area contributed by atoms with Gasteiger partial charge in [0.1, 0.15) is 0 Å². The summed E-state index contributed by atoms with van der Waals surface area (Å²) in [6, 6.07) is 0. The smallest absolute Gasteiger partial charge is 0.179 e. The van der Waals surface area contributed by atoms with Crippen LogP contribution in [0.2, 0.25) is 0 Å². The molecule has 0 atom stereocenters. The number of nitrogens with zero attached hydrogens (tertiary/aromatic N) is 1. The zero-order chi connectivity index (χ0) is 5.54. The highest BCUT2D eigenvalue weighted by atomic mass is 19.1. The van der Waals surface area contributed by atoms with Crippen LogP contribution in [0.15, 0.2) is 17.1 Å². The Labute approximate surface area is 42.6 Å². The fraction of sp³-hybridized carbons (Fsp3) is 0.400. The number of alkyl halides is 1. The van der Waals surface area contributed by atoms with Crippen LogP contribution in [0.25, 0.3) is 0 Å². The monoisotopic (exact) mass is 101 g/mol. The fourth-order valence-electron chi connectivity index (χ4n) is 0.187. The first-order valence-electron chi connectivity index (χ1n) is 2.09. The van der Waals surface area contributed by atoms with Crippen molar-refractivity contribution in [3.8, 4) is 0 Å². The van der Waals surface area contributed by atoms with E-state index in [4.69, 9.17) is 0 Å². The van der Waals surface area contributed by atoms with Gasteiger partial charge in [-0.25, -0.2) is 4.39 Å². The Bertz CT molecular complexity index is 76.1. The normalized spacial score (nSPS) is 11.7. The van der Waals surface area contributed by atoms with Gasteiger partial charge in [-0.15, -0.1) is 0 Å². The molecule has 40 valence electrons. The maximum atomic E-state index is 11.1. The van der Waals surface area contributed by atoms with E-state index in [0.29, 0.717) is 0 Å². The quantitative estimate of drug-likeness (QED) is 0.369. The van der Waals surface area contributed by atoms with E-state index in [-0.39, 0.29) is 0 Å². The van der Waals surface area contributed by atoms with Crippen LogP contribution < -0.4 is 0 Å². The van der Waals surface area contributed by atoms with Gasteiger partial charge in [-0.1, -0.05) is 6.08 Å². The Morgan fingerprint density at radius 3 is 2.86 bits per heavy atom. The third-order valence-corrected chi connectivity index (χ3v) is 0.453. The molecule has 0 aliphatic heterocycles. The topological polar surface area (TPSA) is 12.4 Å². The second-order valence-electron chi connectivity index (χ2n) is 0.977. The molecule has 0 saturated heterocycles. The van der Waals surface area contributed by atoms with Crippen molar-refractivity contribution in [3.63, 3.8) is 0 Å². The molecule has 0 unspecified atom stereocenters. The Balaban J connectivity index is 3.09. The molecule has 0 amide bonds. The summed E-state index contributed by atoms with van der Waals surface area (Å²) in [5.74, 6) is 0. The number of allylic oxidation sites excluding steroid dienone is 2. The molecule has 0 bridgehead atoms. The molecule has 0 heterocycles. The lowest BCUT2D eigenvalue weighted by molar-refractivity contribution is 0.514. The predicted octanol–water partition coefficient (Wildman–Crippen LogP) is 1.56. The van der Waals surface area contributed by atoms with Crippen LogP contribution in [-0.2, 0) is 0 Å². The van der Waals surface area contributed by atoms with Crippen LogP contribution in [-0.4, -0.2) is 13.0 Å². The largest absolute Gasteiger partial charge is 0.260 e. The van der Waals surface area contributed by atoms with Crippen molar-refractivity contribution in [1.29, 1.82) is 0 Å². The molecule has 0 N–H and O–H groups in total. The van der Waals surface area contributed by atoms with E-state index in [1.54, 1.807) is 12.2 Å². The van der Waals surface area contributed by atoms with Crippen molar-refractivity contribution in [2.24, 2.45) is 4.99 Å². The second-order valence-corrected chi connectivity index (χ2v) is 0.977. The molecule has 0 radical (unpaired) electrons. The molecular weight excluding hydrogens is 93.1 g/mol. The van der Waals surface area contributed by atoms with Gasteiger partial charge in [0, 0.05) is 6.21 Å². The molecule has 1 nitrogen and oxygen atoms in total. The van der Waals surface area contributed by atoms with Gasteiger partial charge in [0.25, 0.3) is 0 Å². The minimum atomic E-state index is -0.621. The molecule has 0 aromatic rings. The summed E-state index contributed by atoms with van der Waals surface area (Å²) >= 11 is 0. The standard InChI is InChI=1S/C5H8FN/c1-2-3-4-7-5-6/h2-4H,5H2,1H3/b3-2-,7-4-. The lowest BCUT2D eigenvalue weighted by Crippen LogP contribution is -1.64. The summed E-state index contributed by atoms with van der Waals surface area (Å²) in [6.45, 7) is 1.23. The van der Waals surface area contributed by atoms with Crippen LogP contribution in [0.3, 0.4) is 0 Å². The summed E-state index contributed by atoms with van der Waals surface area (Å²) in [7, 11) is 0. The average Bonchev–Trinajstić information content (AvgIpc) is 1.69. The molecule has 0 aromatic heterocycles. The molecule has 0 aliphatic rings. The Hall–Kier alpha value is -0.660. The van der Waals surface area contributed by atoms with Gasteiger partial charge in [0.2, 0.25) is 0 Å². The first kappa shape index (κ1) is 6.34. The van der Waals surface area contributed by atoms with Crippen LogP contribution in [0, 0.1) is 0 Å². The lowest BCUT2D eigenvalue weighted by atomic mass is 10.6. The number of aliphatic imine (C=N–C) groups is 1. The fourth-order valence-corrected chi connectivity index (χ4v) is 0.187. The third kappa shape index (κ3) is 5.34. The molecule has 2 heteroatoms. The molecular formula is C5H8FN. The highest BCUT2D eigenvalue weighted by Crippen LogP contribution is 1.68. The molecule has 0 spiro atoms. The summed E-state index contributed by atoms with van der Waals surface area (Å²) in [4.78, 5) is 3.28. The first-order valence-corrected chi connectivity index (χ1v) is 2.09. The minimum absolute atomic E-state index is 0.621. The summed E-state index contributed by atoms with van der Waals surface area (Å²) < 4.78 is 11.1. The maximum Gasteiger partial charge on any atom is 0.179 e. The Morgan fingerprint density at radius 2 is 2.43 bits per heavy atom. The molecule has 0 aliphatic carbocycles. The minimum Gasteiger partial charge on any atom is -0.260 e. The van der Waals surface area contributed by atoms with Crippen molar-refractivity contribution in [1.82, 2.24) is 0 Å². The maximum absolute atomic E-state index is 11.1. The van der Waals surface area contributed by atoms with Crippen LogP contribution in [0.1, 0.15) is 6.92 Å². The molecule has 0 fully saturated rings. The number of halogens is 1. The highest BCUT2D eigenvalue weighted by Gasteiger charge is 1.60. The molecule has 0 saturated carbocycles. The van der Waals surface area contributed by atoms with Gasteiger partial charge in [0.15, 0.2) is 6.80 Å². The van der Waals surface area contributed by atoms with Gasteiger partial charge in [0.05, 0.1) is 0 Å². The van der Waals surface area contributed by atoms with E-state index < -0.39 is 6.80 Å². The van der Waals surface area contributed by atoms with Crippen molar-refractivity contribution < 1.29 is 4.39 Å². The van der Waals surface area contributed by atoms with E-state index in [0.717, 1.165) is 0 Å². The zero-order valence-corrected chi connectivity index (χ0v) is 4.26. The molecule has 7 heavy (non-hydrogen) atoms. The van der Waals surface area contributed by atoms with Gasteiger partial charge in [-0.05, 0) is 13.0 Å². The van der Waals surface area contributed by atoms with Gasteiger partial charge in [-0.2, -0.15) is 0 Å². The summed E-state index contributed by atoms with van der Waals surface area (Å²) in [5, 5.41) is 0. The van der Waals surface area contributed by atoms with E-state index in [1.165, 1.54) is 6.21 Å². The predicted molar refractivity (Wildman–Crippen MR) is 29.3 cm³/mol. The highest BCUT2D eigenvalue weighted by molar-refractivity contribution is 5.70. The third-order valence-electron chi connectivity index (χ3n) is 0.453. The van der Waals surface area contributed by atoms with Gasteiger partial charge < -0.3 is 0 Å². The van der Waals surface area contributed by atoms with E-state index in [2.05, 4.69) is 4.99 Å². The SMILES string of the molecule is C/C=C\C=N/CF. The Kier molecular flexibility index (Phi) is 4.84. The zero-order valence-electron chi connectivity index (χ0n) is 4.26. The van der Waals surface area contributed by atoms with Crippen LogP contribution in [0.5, 0.6) is 0 Å². The van der Waals surface area contributed by atoms with Crippen molar-refractivity contribution in [2.75, 3.05) is 6.80 Å². The molecule has 0 rings (SSSR count). The van der Waals surface area contributed by atoms with Crippen LogP contribution >= 0.6 is 0 Å². The Morgan fingerprint density at radius 1 is 1.71 bits per heavy atom. The van der Waals surface area contributed by atoms with Crippen molar-refractivity contribution in [2.45, 2.75) is 6.92 Å². The van der Waals surface area contributed by atoms with Crippen LogP contribution in [0.4, 0.5) is 4.39 Å². The first-order chi connectivity index (χ1) is 3.41. The molecule has 0 aromatic carbocycles. The lowest BCUT2D eigenvalue weighted by Gasteiger charge is -1.69. The van der Waals surface area contributed by atoms with Crippen molar-refractivity contribution >= 4 is 6.21 Å². The number of hydrogen-bond donors (Lipinski definition) is 0. The van der Waals surface area contributed by atoms with E-state index in [9.17, 15) is 4.39 Å². The average molecular weight is 101 g/mol. The summed E-state index contributed by atoms with van der Waals surface area (Å²) in [5.41, 5.74) is 0. The van der Waals surface area contributed by atoms with Gasteiger partial charge in [-0.3, -0.25) is 4.99 Å². The van der Waals surface area contributed by atoms with Crippen molar-refractivity contribution in [3.05, 3.63) is 12.2 Å². The number of rotatable bonds is 2. The second kappa shape index (κ2) is 5.34. The van der Waals surface area contributed by atoms with E-state index in [1.807, 2.05) is 6.92 Å².